The fourth-order valence-electron chi connectivity index (χ4n) is 3.44. The number of hydrogen-bond donors (Lipinski definition) is 1. The lowest BCUT2D eigenvalue weighted by molar-refractivity contribution is -0.158. The highest BCUT2D eigenvalue weighted by atomic mass is 16.5. The third-order valence-corrected chi connectivity index (χ3v) is 5.23. The second-order valence-electron chi connectivity index (χ2n) is 7.64. The monoisotopic (exact) mass is 370 g/mol. The highest BCUT2D eigenvalue weighted by molar-refractivity contribution is 5.76. The Bertz CT molecular complexity index is 357. The molecule has 0 fully saturated rings. The molecule has 0 heterocycles. The molecule has 0 spiro atoms. The molecule has 0 aromatic heterocycles. The third-order valence-electron chi connectivity index (χ3n) is 5.23. The van der Waals surface area contributed by atoms with Crippen molar-refractivity contribution in [2.24, 2.45) is 5.41 Å². The molecule has 26 heavy (non-hydrogen) atoms. The molecule has 0 saturated heterocycles. The highest BCUT2D eigenvalue weighted by Crippen LogP contribution is 2.38. The molecule has 1 N–H and O–H groups in total. The molecule has 0 radical (unpaired) electrons. The van der Waals surface area contributed by atoms with E-state index in [9.17, 15) is 9.59 Å². The maximum atomic E-state index is 12.9. The summed E-state index contributed by atoms with van der Waals surface area (Å²) in [5.74, 6) is -0.684. The first-order valence-electron chi connectivity index (χ1n) is 10.9. The summed E-state index contributed by atoms with van der Waals surface area (Å²) in [6.45, 7) is 7.01. The van der Waals surface area contributed by atoms with Gasteiger partial charge in [0.2, 0.25) is 0 Å². The Morgan fingerprint density at radius 3 is 1.77 bits per heavy atom. The average molecular weight is 371 g/mol. The van der Waals surface area contributed by atoms with Crippen LogP contribution in [0.2, 0.25) is 0 Å². The number of carbonyl (C=O) groups excluding carboxylic acids is 1. The lowest BCUT2D eigenvalue weighted by Gasteiger charge is -2.32. The zero-order chi connectivity index (χ0) is 19.7. The minimum Gasteiger partial charge on any atom is -0.481 e. The Morgan fingerprint density at radius 2 is 1.23 bits per heavy atom. The van der Waals surface area contributed by atoms with Gasteiger partial charge in [-0.15, -0.1) is 0 Å². The van der Waals surface area contributed by atoms with Crippen molar-refractivity contribution < 1.29 is 19.4 Å². The Morgan fingerprint density at radius 1 is 0.731 bits per heavy atom. The van der Waals surface area contributed by atoms with Gasteiger partial charge in [-0.05, 0) is 32.1 Å². The Balaban J connectivity index is 4.60. The molecule has 0 aromatic carbocycles. The second-order valence-corrected chi connectivity index (χ2v) is 7.64. The number of esters is 1. The van der Waals surface area contributed by atoms with Gasteiger partial charge in [0.1, 0.15) is 0 Å². The van der Waals surface area contributed by atoms with Crippen molar-refractivity contribution in [3.05, 3.63) is 0 Å². The minimum atomic E-state index is -0.710. The standard InChI is InChI=1S/C22H42O4/c1-4-7-16-22(17-8-5-2,21(25)26-19-9-6-3)18-14-12-10-11-13-15-20(23)24/h4-19H2,1-3H3,(H,23,24). The van der Waals surface area contributed by atoms with E-state index in [1.54, 1.807) is 0 Å². The van der Waals surface area contributed by atoms with Gasteiger partial charge in [0.25, 0.3) is 0 Å². The van der Waals surface area contributed by atoms with Gasteiger partial charge in [-0.25, -0.2) is 0 Å². The molecule has 0 aromatic rings. The van der Waals surface area contributed by atoms with Crippen molar-refractivity contribution in [3.63, 3.8) is 0 Å². The SMILES string of the molecule is CCCCOC(=O)C(CCCC)(CCCC)CCCCCCCC(=O)O. The average Bonchev–Trinajstić information content (AvgIpc) is 2.62. The van der Waals surface area contributed by atoms with Crippen molar-refractivity contribution in [1.82, 2.24) is 0 Å². The Kier molecular flexibility index (Phi) is 15.5. The van der Waals surface area contributed by atoms with E-state index in [2.05, 4.69) is 20.8 Å². The predicted molar refractivity (Wildman–Crippen MR) is 107 cm³/mol. The van der Waals surface area contributed by atoms with Crippen LogP contribution in [-0.4, -0.2) is 23.7 Å². The number of hydrogen-bond acceptors (Lipinski definition) is 3. The highest BCUT2D eigenvalue weighted by Gasteiger charge is 2.38. The van der Waals surface area contributed by atoms with Crippen LogP contribution < -0.4 is 0 Å². The lowest BCUT2D eigenvalue weighted by Crippen LogP contribution is -2.33. The smallest absolute Gasteiger partial charge is 0.312 e. The van der Waals surface area contributed by atoms with E-state index in [1.165, 1.54) is 0 Å². The molecule has 154 valence electrons. The van der Waals surface area contributed by atoms with Crippen LogP contribution in [0.5, 0.6) is 0 Å². The van der Waals surface area contributed by atoms with Gasteiger partial charge in [-0.1, -0.05) is 78.6 Å². The van der Waals surface area contributed by atoms with E-state index in [0.717, 1.165) is 89.9 Å². The normalized spacial score (nSPS) is 11.5. The van der Waals surface area contributed by atoms with Gasteiger partial charge >= 0.3 is 11.9 Å². The number of carbonyl (C=O) groups is 2. The van der Waals surface area contributed by atoms with Crippen molar-refractivity contribution in [3.8, 4) is 0 Å². The molecule has 4 nitrogen and oxygen atoms in total. The van der Waals surface area contributed by atoms with Crippen LogP contribution in [0.1, 0.15) is 117 Å². The van der Waals surface area contributed by atoms with Crippen LogP contribution in [0.4, 0.5) is 0 Å². The summed E-state index contributed by atoms with van der Waals surface area (Å²) in [7, 11) is 0. The molecule has 0 saturated carbocycles. The Hall–Kier alpha value is -1.06. The summed E-state index contributed by atoms with van der Waals surface area (Å²) < 4.78 is 5.66. The summed E-state index contributed by atoms with van der Waals surface area (Å²) in [6.07, 6.45) is 14.3. The summed E-state index contributed by atoms with van der Waals surface area (Å²) in [5.41, 5.74) is -0.305. The maximum absolute atomic E-state index is 12.9. The van der Waals surface area contributed by atoms with E-state index in [0.29, 0.717) is 6.61 Å². The topological polar surface area (TPSA) is 63.6 Å². The summed E-state index contributed by atoms with van der Waals surface area (Å²) >= 11 is 0. The van der Waals surface area contributed by atoms with Crippen molar-refractivity contribution in [1.29, 1.82) is 0 Å². The predicted octanol–water partition coefficient (Wildman–Crippen LogP) is 6.51. The van der Waals surface area contributed by atoms with Crippen molar-refractivity contribution >= 4 is 11.9 Å². The number of carboxylic acids is 1. The first kappa shape index (κ1) is 24.9. The quantitative estimate of drug-likeness (QED) is 0.220. The van der Waals surface area contributed by atoms with Crippen LogP contribution in [0, 0.1) is 5.41 Å². The third kappa shape index (κ3) is 11.5. The van der Waals surface area contributed by atoms with E-state index in [1.807, 2.05) is 0 Å². The fourth-order valence-corrected chi connectivity index (χ4v) is 3.44. The second kappa shape index (κ2) is 16.1. The van der Waals surface area contributed by atoms with Gasteiger partial charge in [0.15, 0.2) is 0 Å². The minimum absolute atomic E-state index is 0.0266. The number of carboxylic acid groups (broad SMARTS) is 1. The number of unbranched alkanes of at least 4 members (excludes halogenated alkanes) is 7. The van der Waals surface area contributed by atoms with E-state index in [-0.39, 0.29) is 17.8 Å². The summed E-state index contributed by atoms with van der Waals surface area (Å²) in [5, 5.41) is 8.69. The Labute approximate surface area is 161 Å². The lowest BCUT2D eigenvalue weighted by atomic mass is 9.74. The number of rotatable bonds is 18. The van der Waals surface area contributed by atoms with Crippen molar-refractivity contribution in [2.45, 2.75) is 117 Å². The van der Waals surface area contributed by atoms with Crippen LogP contribution in [-0.2, 0) is 14.3 Å². The van der Waals surface area contributed by atoms with Crippen LogP contribution in [0.3, 0.4) is 0 Å². The molecule has 0 unspecified atom stereocenters. The molecule has 4 heteroatoms. The van der Waals surface area contributed by atoms with E-state index >= 15 is 0 Å². The molecule has 0 aliphatic carbocycles. The molecular weight excluding hydrogens is 328 g/mol. The van der Waals surface area contributed by atoms with Crippen LogP contribution in [0.25, 0.3) is 0 Å². The molecule has 0 bridgehead atoms. The first-order valence-corrected chi connectivity index (χ1v) is 10.9. The molecular formula is C22H42O4. The van der Waals surface area contributed by atoms with Gasteiger partial charge in [-0.3, -0.25) is 9.59 Å². The zero-order valence-corrected chi connectivity index (χ0v) is 17.5. The van der Waals surface area contributed by atoms with Crippen LogP contribution in [0.15, 0.2) is 0 Å². The van der Waals surface area contributed by atoms with Gasteiger partial charge in [-0.2, -0.15) is 0 Å². The molecule has 0 atom stereocenters. The fraction of sp³-hybridized carbons (Fsp3) is 0.909. The number of aliphatic carboxylic acids is 1. The van der Waals surface area contributed by atoms with Gasteiger partial charge in [0, 0.05) is 6.42 Å². The van der Waals surface area contributed by atoms with Gasteiger partial charge in [0.05, 0.1) is 12.0 Å². The van der Waals surface area contributed by atoms with Crippen molar-refractivity contribution in [2.75, 3.05) is 6.61 Å². The van der Waals surface area contributed by atoms with E-state index in [4.69, 9.17) is 9.84 Å². The number of ether oxygens (including phenoxy) is 1. The largest absolute Gasteiger partial charge is 0.481 e. The summed E-state index contributed by atoms with van der Waals surface area (Å²) in [4.78, 5) is 23.5. The summed E-state index contributed by atoms with van der Waals surface area (Å²) in [6, 6.07) is 0. The first-order chi connectivity index (χ1) is 12.5. The maximum Gasteiger partial charge on any atom is 0.312 e. The van der Waals surface area contributed by atoms with Crippen LogP contribution >= 0.6 is 0 Å². The molecule has 0 aliphatic heterocycles. The molecule has 0 aliphatic rings. The molecule has 0 rings (SSSR count). The molecule has 0 amide bonds. The zero-order valence-electron chi connectivity index (χ0n) is 17.5. The van der Waals surface area contributed by atoms with Gasteiger partial charge < -0.3 is 9.84 Å². The van der Waals surface area contributed by atoms with E-state index < -0.39 is 5.97 Å².